The fourth-order valence-electron chi connectivity index (χ4n) is 2.60. The molecule has 0 saturated carbocycles. The largest absolute Gasteiger partial charge is 0.300 e. The SMILES string of the molecule is CC(C)C1CCC(C(C)C)N1C. The molecule has 0 spiro atoms. The van der Waals surface area contributed by atoms with Crippen molar-refractivity contribution in [1.29, 1.82) is 0 Å². The molecule has 1 aliphatic heterocycles. The summed E-state index contributed by atoms with van der Waals surface area (Å²) in [5, 5.41) is 0. The Morgan fingerprint density at radius 1 is 0.917 bits per heavy atom. The Labute approximate surface area is 77.1 Å². The summed E-state index contributed by atoms with van der Waals surface area (Å²) in [6.45, 7) is 9.35. The number of likely N-dealkylation sites (tertiary alicyclic amines) is 1. The molecule has 0 amide bonds. The fraction of sp³-hybridized carbons (Fsp3) is 1.00. The predicted octanol–water partition coefficient (Wildman–Crippen LogP) is 2.76. The molecule has 72 valence electrons. The van der Waals surface area contributed by atoms with Gasteiger partial charge in [-0.05, 0) is 31.7 Å². The van der Waals surface area contributed by atoms with E-state index in [0.717, 1.165) is 23.9 Å². The van der Waals surface area contributed by atoms with Crippen LogP contribution in [0.4, 0.5) is 0 Å². The Hall–Kier alpha value is -0.0400. The van der Waals surface area contributed by atoms with Crippen LogP contribution in [0.15, 0.2) is 0 Å². The quantitative estimate of drug-likeness (QED) is 0.614. The summed E-state index contributed by atoms with van der Waals surface area (Å²) in [6, 6.07) is 1.66. The van der Waals surface area contributed by atoms with Crippen LogP contribution in [0.5, 0.6) is 0 Å². The zero-order chi connectivity index (χ0) is 9.30. The van der Waals surface area contributed by atoms with Gasteiger partial charge in [0, 0.05) is 12.1 Å². The minimum Gasteiger partial charge on any atom is -0.300 e. The Morgan fingerprint density at radius 3 is 1.42 bits per heavy atom. The predicted molar refractivity (Wildman–Crippen MR) is 54.2 cm³/mol. The lowest BCUT2D eigenvalue weighted by Gasteiger charge is -2.30. The van der Waals surface area contributed by atoms with Crippen molar-refractivity contribution in [2.24, 2.45) is 11.8 Å². The van der Waals surface area contributed by atoms with Crippen molar-refractivity contribution >= 4 is 0 Å². The molecule has 1 rings (SSSR count). The van der Waals surface area contributed by atoms with E-state index in [1.54, 1.807) is 0 Å². The second kappa shape index (κ2) is 3.78. The molecule has 12 heavy (non-hydrogen) atoms. The Kier molecular flexibility index (Phi) is 3.16. The molecule has 0 bridgehead atoms. The van der Waals surface area contributed by atoms with Crippen molar-refractivity contribution in [2.75, 3.05) is 7.05 Å². The van der Waals surface area contributed by atoms with Gasteiger partial charge in [-0.3, -0.25) is 4.90 Å². The van der Waals surface area contributed by atoms with Crippen LogP contribution in [0.25, 0.3) is 0 Å². The highest BCUT2D eigenvalue weighted by Gasteiger charge is 2.33. The maximum absolute atomic E-state index is 2.59. The lowest BCUT2D eigenvalue weighted by atomic mass is 10.0. The van der Waals surface area contributed by atoms with E-state index in [0.29, 0.717) is 0 Å². The smallest absolute Gasteiger partial charge is 0.0119 e. The van der Waals surface area contributed by atoms with Gasteiger partial charge in [0.15, 0.2) is 0 Å². The van der Waals surface area contributed by atoms with Crippen LogP contribution in [0, 0.1) is 11.8 Å². The van der Waals surface area contributed by atoms with Gasteiger partial charge in [0.2, 0.25) is 0 Å². The average molecular weight is 169 g/mol. The summed E-state index contributed by atoms with van der Waals surface area (Å²) in [6.07, 6.45) is 2.80. The number of hydrogen-bond donors (Lipinski definition) is 0. The van der Waals surface area contributed by atoms with E-state index in [9.17, 15) is 0 Å². The highest BCUT2D eigenvalue weighted by molar-refractivity contribution is 4.88. The van der Waals surface area contributed by atoms with E-state index in [2.05, 4.69) is 39.6 Å². The molecular weight excluding hydrogens is 146 g/mol. The van der Waals surface area contributed by atoms with Gasteiger partial charge in [0.05, 0.1) is 0 Å². The molecule has 1 aliphatic rings. The van der Waals surface area contributed by atoms with Gasteiger partial charge in [0.25, 0.3) is 0 Å². The molecule has 1 heterocycles. The minimum atomic E-state index is 0.818. The maximum atomic E-state index is 2.59. The first kappa shape index (κ1) is 10.0. The van der Waals surface area contributed by atoms with Crippen molar-refractivity contribution < 1.29 is 0 Å². The van der Waals surface area contributed by atoms with Gasteiger partial charge in [0.1, 0.15) is 0 Å². The van der Waals surface area contributed by atoms with Crippen molar-refractivity contribution in [1.82, 2.24) is 4.90 Å². The number of hydrogen-bond acceptors (Lipinski definition) is 1. The molecule has 1 saturated heterocycles. The van der Waals surface area contributed by atoms with Crippen molar-refractivity contribution in [2.45, 2.75) is 52.6 Å². The van der Waals surface area contributed by atoms with E-state index in [4.69, 9.17) is 0 Å². The Balaban J connectivity index is 2.55. The number of nitrogens with zero attached hydrogens (tertiary/aromatic N) is 1. The first-order valence-electron chi connectivity index (χ1n) is 5.26. The van der Waals surface area contributed by atoms with Gasteiger partial charge in [-0.1, -0.05) is 27.7 Å². The maximum Gasteiger partial charge on any atom is 0.0119 e. The molecule has 1 heteroatoms. The molecule has 2 atom stereocenters. The summed E-state index contributed by atoms with van der Waals surface area (Å²) in [4.78, 5) is 2.59. The fourth-order valence-corrected chi connectivity index (χ4v) is 2.60. The van der Waals surface area contributed by atoms with Crippen molar-refractivity contribution in [3.05, 3.63) is 0 Å². The summed E-state index contributed by atoms with van der Waals surface area (Å²) in [5.74, 6) is 1.64. The third-order valence-electron chi connectivity index (χ3n) is 3.34. The van der Waals surface area contributed by atoms with Gasteiger partial charge < -0.3 is 0 Å². The third kappa shape index (κ3) is 1.82. The third-order valence-corrected chi connectivity index (χ3v) is 3.34. The average Bonchev–Trinajstić information content (AvgIpc) is 2.30. The summed E-state index contributed by atoms with van der Waals surface area (Å²) < 4.78 is 0. The van der Waals surface area contributed by atoms with E-state index in [1.165, 1.54) is 12.8 Å². The van der Waals surface area contributed by atoms with E-state index in [1.807, 2.05) is 0 Å². The molecule has 1 nitrogen and oxygen atoms in total. The van der Waals surface area contributed by atoms with Crippen LogP contribution < -0.4 is 0 Å². The topological polar surface area (TPSA) is 3.24 Å². The second-order valence-corrected chi connectivity index (χ2v) is 4.87. The Morgan fingerprint density at radius 2 is 1.25 bits per heavy atom. The molecule has 0 radical (unpaired) electrons. The van der Waals surface area contributed by atoms with E-state index in [-0.39, 0.29) is 0 Å². The zero-order valence-corrected chi connectivity index (χ0v) is 9.17. The number of rotatable bonds is 2. The molecular formula is C11H23N. The molecule has 0 N–H and O–H groups in total. The Bertz CT molecular complexity index is 124. The molecule has 0 aromatic heterocycles. The summed E-state index contributed by atoms with van der Waals surface area (Å²) in [5.41, 5.74) is 0. The van der Waals surface area contributed by atoms with Gasteiger partial charge >= 0.3 is 0 Å². The van der Waals surface area contributed by atoms with Crippen LogP contribution >= 0.6 is 0 Å². The standard InChI is InChI=1S/C11H23N/c1-8(2)10-6-7-11(9(3)4)12(10)5/h8-11H,6-7H2,1-5H3. The van der Waals surface area contributed by atoms with Crippen LogP contribution in [-0.4, -0.2) is 24.0 Å². The highest BCUT2D eigenvalue weighted by atomic mass is 15.2. The first-order chi connectivity index (χ1) is 5.54. The molecule has 0 aromatic rings. The normalized spacial score (nSPS) is 32.2. The van der Waals surface area contributed by atoms with E-state index < -0.39 is 0 Å². The van der Waals surface area contributed by atoms with Gasteiger partial charge in [-0.25, -0.2) is 0 Å². The van der Waals surface area contributed by atoms with Gasteiger partial charge in [-0.2, -0.15) is 0 Å². The lowest BCUT2D eigenvalue weighted by molar-refractivity contribution is 0.168. The highest BCUT2D eigenvalue weighted by Crippen LogP contribution is 2.30. The van der Waals surface area contributed by atoms with Crippen LogP contribution in [0.3, 0.4) is 0 Å². The molecule has 0 aliphatic carbocycles. The molecule has 0 aromatic carbocycles. The summed E-state index contributed by atoms with van der Waals surface area (Å²) in [7, 11) is 2.29. The van der Waals surface area contributed by atoms with Gasteiger partial charge in [-0.15, -0.1) is 0 Å². The summed E-state index contributed by atoms with van der Waals surface area (Å²) >= 11 is 0. The first-order valence-corrected chi connectivity index (χ1v) is 5.26. The monoisotopic (exact) mass is 169 g/mol. The van der Waals surface area contributed by atoms with Crippen LogP contribution in [-0.2, 0) is 0 Å². The van der Waals surface area contributed by atoms with E-state index >= 15 is 0 Å². The van der Waals surface area contributed by atoms with Crippen molar-refractivity contribution in [3.63, 3.8) is 0 Å². The molecule has 2 unspecified atom stereocenters. The second-order valence-electron chi connectivity index (χ2n) is 4.87. The van der Waals surface area contributed by atoms with Crippen molar-refractivity contribution in [3.8, 4) is 0 Å². The minimum absolute atomic E-state index is 0.818. The lowest BCUT2D eigenvalue weighted by Crippen LogP contribution is -2.37. The van der Waals surface area contributed by atoms with Crippen LogP contribution in [0.1, 0.15) is 40.5 Å². The van der Waals surface area contributed by atoms with Crippen LogP contribution in [0.2, 0.25) is 0 Å². The molecule has 1 fully saturated rings. The zero-order valence-electron chi connectivity index (χ0n) is 9.17.